The molecule has 0 aromatic rings. The lowest BCUT2D eigenvalue weighted by Gasteiger charge is -2.19. The highest BCUT2D eigenvalue weighted by molar-refractivity contribution is 5.69. The van der Waals surface area contributed by atoms with E-state index in [0.717, 1.165) is 103 Å². The predicted octanol–water partition coefficient (Wildman–Crippen LogP) is 11.5. The van der Waals surface area contributed by atoms with Crippen LogP contribution in [0.5, 0.6) is 0 Å². The molecule has 0 spiro atoms. The number of rotatable bonds is 37. The first-order valence-corrected chi connectivity index (χ1v) is 20.8. The molecule has 0 aliphatic heterocycles. The first-order valence-electron chi connectivity index (χ1n) is 20.8. The van der Waals surface area contributed by atoms with E-state index in [1.165, 1.54) is 70.6 Å². The van der Waals surface area contributed by atoms with E-state index in [4.69, 9.17) is 18.9 Å². The van der Waals surface area contributed by atoms with Crippen LogP contribution in [0, 0.1) is 0 Å². The summed E-state index contributed by atoms with van der Waals surface area (Å²) in [6, 6.07) is 0. The summed E-state index contributed by atoms with van der Waals surface area (Å²) in [4.78, 5) is 38.9. The molecular weight excluding hydrogens is 618 g/mol. The van der Waals surface area contributed by atoms with Crippen molar-refractivity contribution in [1.29, 1.82) is 0 Å². The lowest BCUT2D eigenvalue weighted by Crippen LogP contribution is -2.26. The number of hydrogen-bond acceptors (Lipinski definition) is 8. The largest absolute Gasteiger partial charge is 0.508 e. The molecular formula is C41H79NO7. The number of nitrogens with zero attached hydrogens (tertiary/aromatic N) is 1. The van der Waals surface area contributed by atoms with Crippen molar-refractivity contribution in [3.8, 4) is 0 Å². The molecule has 0 fully saturated rings. The molecule has 0 aliphatic carbocycles. The van der Waals surface area contributed by atoms with Crippen molar-refractivity contribution in [3.05, 3.63) is 0 Å². The van der Waals surface area contributed by atoms with Crippen molar-refractivity contribution < 1.29 is 33.3 Å². The van der Waals surface area contributed by atoms with Crippen molar-refractivity contribution in [2.24, 2.45) is 0 Å². The number of unbranched alkanes of at least 4 members (excludes halogenated alkanes) is 19. The number of ether oxygens (including phenoxy) is 4. The maximum Gasteiger partial charge on any atom is 0.508 e. The highest BCUT2D eigenvalue weighted by Crippen LogP contribution is 2.16. The van der Waals surface area contributed by atoms with Gasteiger partial charge in [0.2, 0.25) is 0 Å². The van der Waals surface area contributed by atoms with E-state index in [-0.39, 0.29) is 24.6 Å². The van der Waals surface area contributed by atoms with Gasteiger partial charge in [-0.25, -0.2) is 4.79 Å². The Bertz CT molecular complexity index is 743. The Morgan fingerprint density at radius 3 is 1.39 bits per heavy atom. The van der Waals surface area contributed by atoms with Crippen molar-refractivity contribution in [3.63, 3.8) is 0 Å². The van der Waals surface area contributed by atoms with Crippen LogP contribution in [-0.4, -0.2) is 68.6 Å². The molecule has 0 aromatic heterocycles. The minimum atomic E-state index is -0.614. The molecule has 0 saturated carbocycles. The van der Waals surface area contributed by atoms with Gasteiger partial charge in [0.25, 0.3) is 0 Å². The van der Waals surface area contributed by atoms with E-state index < -0.39 is 6.16 Å². The molecule has 0 radical (unpaired) electrons. The van der Waals surface area contributed by atoms with Gasteiger partial charge in [-0.3, -0.25) is 9.59 Å². The SMILES string of the molecule is CCCCCCCCCCCCC(CCOC(=O)CCCCCCCCCOC(=O)CCCCCCC)OC(=O)OCCCN(CC)CC. The zero-order chi connectivity index (χ0) is 36.0. The van der Waals surface area contributed by atoms with Crippen molar-refractivity contribution in [1.82, 2.24) is 4.90 Å². The van der Waals surface area contributed by atoms with Gasteiger partial charge >= 0.3 is 18.1 Å². The summed E-state index contributed by atoms with van der Waals surface area (Å²) in [6.07, 6.45) is 27.6. The van der Waals surface area contributed by atoms with Crippen LogP contribution in [0.1, 0.15) is 201 Å². The third-order valence-electron chi connectivity index (χ3n) is 9.35. The van der Waals surface area contributed by atoms with Gasteiger partial charge in [0.15, 0.2) is 0 Å². The van der Waals surface area contributed by atoms with Gasteiger partial charge in [-0.2, -0.15) is 0 Å². The summed E-state index contributed by atoms with van der Waals surface area (Å²) in [6.45, 7) is 12.7. The summed E-state index contributed by atoms with van der Waals surface area (Å²) in [5, 5.41) is 0. The zero-order valence-electron chi connectivity index (χ0n) is 32.7. The van der Waals surface area contributed by atoms with E-state index >= 15 is 0 Å². The normalized spacial score (nSPS) is 11.9. The smallest absolute Gasteiger partial charge is 0.466 e. The third-order valence-corrected chi connectivity index (χ3v) is 9.35. The van der Waals surface area contributed by atoms with Crippen LogP contribution in [-0.2, 0) is 28.5 Å². The second-order valence-corrected chi connectivity index (χ2v) is 13.8. The Kier molecular flexibility index (Phi) is 36.0. The van der Waals surface area contributed by atoms with Crippen LogP contribution < -0.4 is 0 Å². The molecule has 0 bridgehead atoms. The Labute approximate surface area is 302 Å². The van der Waals surface area contributed by atoms with E-state index in [1.54, 1.807) is 0 Å². The fourth-order valence-electron chi connectivity index (χ4n) is 6.04. The van der Waals surface area contributed by atoms with Crippen LogP contribution in [0.15, 0.2) is 0 Å². The molecule has 1 unspecified atom stereocenters. The van der Waals surface area contributed by atoms with E-state index in [0.29, 0.717) is 32.5 Å². The number of hydrogen-bond donors (Lipinski definition) is 0. The van der Waals surface area contributed by atoms with E-state index in [2.05, 4.69) is 32.6 Å². The number of carbonyl (C=O) groups is 3. The fourth-order valence-corrected chi connectivity index (χ4v) is 6.04. The van der Waals surface area contributed by atoms with E-state index in [1.807, 2.05) is 0 Å². The van der Waals surface area contributed by atoms with Gasteiger partial charge in [0.05, 0.1) is 19.8 Å². The lowest BCUT2D eigenvalue weighted by atomic mass is 10.0. The lowest BCUT2D eigenvalue weighted by molar-refractivity contribution is -0.145. The number of carbonyl (C=O) groups excluding carboxylic acids is 3. The summed E-state index contributed by atoms with van der Waals surface area (Å²) >= 11 is 0. The summed E-state index contributed by atoms with van der Waals surface area (Å²) < 4.78 is 21.9. The summed E-state index contributed by atoms with van der Waals surface area (Å²) in [5.41, 5.74) is 0. The van der Waals surface area contributed by atoms with Gasteiger partial charge in [-0.1, -0.05) is 143 Å². The number of esters is 2. The molecule has 8 heteroatoms. The van der Waals surface area contributed by atoms with Gasteiger partial charge in [-0.05, 0) is 51.6 Å². The molecule has 0 amide bonds. The molecule has 49 heavy (non-hydrogen) atoms. The molecule has 0 aromatic carbocycles. The predicted molar refractivity (Wildman–Crippen MR) is 202 cm³/mol. The Morgan fingerprint density at radius 2 is 0.878 bits per heavy atom. The van der Waals surface area contributed by atoms with Crippen LogP contribution in [0.3, 0.4) is 0 Å². The van der Waals surface area contributed by atoms with Gasteiger partial charge < -0.3 is 23.8 Å². The summed E-state index contributed by atoms with van der Waals surface area (Å²) in [5.74, 6) is -0.233. The molecule has 0 saturated heterocycles. The Morgan fingerprint density at radius 1 is 0.449 bits per heavy atom. The molecule has 0 heterocycles. The van der Waals surface area contributed by atoms with Crippen LogP contribution >= 0.6 is 0 Å². The van der Waals surface area contributed by atoms with Gasteiger partial charge in [-0.15, -0.1) is 0 Å². The van der Waals surface area contributed by atoms with E-state index in [9.17, 15) is 14.4 Å². The molecule has 0 N–H and O–H groups in total. The second kappa shape index (κ2) is 37.4. The Balaban J connectivity index is 4.11. The monoisotopic (exact) mass is 698 g/mol. The van der Waals surface area contributed by atoms with Gasteiger partial charge in [0, 0.05) is 25.8 Å². The first-order chi connectivity index (χ1) is 24.0. The minimum Gasteiger partial charge on any atom is -0.466 e. The van der Waals surface area contributed by atoms with Crippen molar-refractivity contribution in [2.75, 3.05) is 39.5 Å². The summed E-state index contributed by atoms with van der Waals surface area (Å²) in [7, 11) is 0. The Hall–Kier alpha value is -1.83. The van der Waals surface area contributed by atoms with Crippen molar-refractivity contribution >= 4 is 18.1 Å². The highest BCUT2D eigenvalue weighted by Gasteiger charge is 2.17. The quantitative estimate of drug-likeness (QED) is 0.0360. The average molecular weight is 698 g/mol. The topological polar surface area (TPSA) is 91.4 Å². The maximum absolute atomic E-state index is 12.4. The maximum atomic E-state index is 12.4. The molecule has 1 atom stereocenters. The fraction of sp³-hybridized carbons (Fsp3) is 0.927. The minimum absolute atomic E-state index is 0.0556. The second-order valence-electron chi connectivity index (χ2n) is 13.8. The molecule has 0 rings (SSSR count). The van der Waals surface area contributed by atoms with Crippen LogP contribution in [0.2, 0.25) is 0 Å². The first kappa shape index (κ1) is 47.2. The zero-order valence-corrected chi connectivity index (χ0v) is 32.7. The average Bonchev–Trinajstić information content (AvgIpc) is 3.09. The molecule has 8 nitrogen and oxygen atoms in total. The standard InChI is InChI=1S/C41H79NO7/c1-5-9-11-13-14-15-16-18-22-25-30-38(49-41(45)48-36-29-34-42(7-3)8-4)33-37-47-40(44)32-27-23-19-17-20-24-28-35-46-39(43)31-26-21-12-10-6-2/h38H,5-37H2,1-4H3. The van der Waals surface area contributed by atoms with Crippen molar-refractivity contribution in [2.45, 2.75) is 207 Å². The van der Waals surface area contributed by atoms with Crippen LogP contribution in [0.4, 0.5) is 4.79 Å². The van der Waals surface area contributed by atoms with Crippen LogP contribution in [0.25, 0.3) is 0 Å². The molecule has 290 valence electrons. The third kappa shape index (κ3) is 34.4. The highest BCUT2D eigenvalue weighted by atomic mass is 16.7. The molecule has 0 aliphatic rings. The van der Waals surface area contributed by atoms with Gasteiger partial charge in [0.1, 0.15) is 6.10 Å².